The van der Waals surface area contributed by atoms with Crippen LogP contribution in [-0.2, 0) is 14.2 Å². The lowest BCUT2D eigenvalue weighted by Gasteiger charge is -2.28. The van der Waals surface area contributed by atoms with Gasteiger partial charge in [0.2, 0.25) is 0 Å². The predicted molar refractivity (Wildman–Crippen MR) is 57.3 cm³/mol. The second-order valence-electron chi connectivity index (χ2n) is 4.78. The smallest absolute Gasteiger partial charge is 0.132 e. The van der Waals surface area contributed by atoms with Crippen LogP contribution in [0.1, 0.15) is 26.7 Å². The van der Waals surface area contributed by atoms with Crippen LogP contribution in [0.3, 0.4) is 0 Å². The van der Waals surface area contributed by atoms with E-state index in [1.165, 1.54) is 0 Å². The van der Waals surface area contributed by atoms with Gasteiger partial charge in [-0.3, -0.25) is 0 Å². The Morgan fingerprint density at radius 3 is 1.80 bits per heavy atom. The van der Waals surface area contributed by atoms with Gasteiger partial charge in [0.1, 0.15) is 11.2 Å². The molecule has 2 atom stereocenters. The fourth-order valence-corrected chi connectivity index (χ4v) is 1.78. The third-order valence-electron chi connectivity index (χ3n) is 2.81. The average Bonchev–Trinajstić information content (AvgIpc) is 2.76. The van der Waals surface area contributed by atoms with Gasteiger partial charge in [-0.05, 0) is 26.0 Å². The predicted octanol–water partition coefficient (Wildman–Crippen LogP) is 2.39. The van der Waals surface area contributed by atoms with Crippen molar-refractivity contribution in [1.82, 2.24) is 0 Å². The van der Waals surface area contributed by atoms with Crippen molar-refractivity contribution in [3.05, 3.63) is 24.7 Å². The van der Waals surface area contributed by atoms with E-state index in [1.54, 1.807) is 12.5 Å². The van der Waals surface area contributed by atoms with Crippen molar-refractivity contribution in [1.29, 1.82) is 0 Å². The fourth-order valence-electron chi connectivity index (χ4n) is 1.78. The van der Waals surface area contributed by atoms with Crippen LogP contribution in [0.5, 0.6) is 0 Å². The van der Waals surface area contributed by atoms with E-state index < -0.39 is 0 Å². The first-order valence-electron chi connectivity index (χ1n) is 5.35. The highest BCUT2D eigenvalue weighted by Gasteiger charge is 2.31. The van der Waals surface area contributed by atoms with Crippen LogP contribution >= 0.6 is 0 Å². The molecule has 0 amide bonds. The Morgan fingerprint density at radius 2 is 1.47 bits per heavy atom. The molecule has 0 aromatic carbocycles. The second-order valence-corrected chi connectivity index (χ2v) is 4.78. The van der Waals surface area contributed by atoms with Gasteiger partial charge >= 0.3 is 0 Å². The van der Waals surface area contributed by atoms with Crippen LogP contribution in [0.15, 0.2) is 24.7 Å². The summed E-state index contributed by atoms with van der Waals surface area (Å²) in [7, 11) is 0. The molecule has 2 rings (SSSR count). The van der Waals surface area contributed by atoms with E-state index in [2.05, 4.69) is 13.8 Å². The Labute approximate surface area is 90.7 Å². The minimum Gasteiger partial charge on any atom is -0.493 e. The van der Waals surface area contributed by atoms with Crippen molar-refractivity contribution in [3.63, 3.8) is 0 Å². The molecule has 2 heterocycles. The highest BCUT2D eigenvalue weighted by Crippen LogP contribution is 2.26. The van der Waals surface area contributed by atoms with Crippen LogP contribution in [0.2, 0.25) is 0 Å². The van der Waals surface area contributed by atoms with E-state index in [9.17, 15) is 0 Å². The van der Waals surface area contributed by atoms with Crippen molar-refractivity contribution in [2.75, 3.05) is 13.2 Å². The molecule has 0 bridgehead atoms. The Hall–Kier alpha value is -0.960. The van der Waals surface area contributed by atoms with Gasteiger partial charge in [0.25, 0.3) is 0 Å². The highest BCUT2D eigenvalue weighted by molar-refractivity contribution is 4.97. The summed E-state index contributed by atoms with van der Waals surface area (Å²) in [5, 5.41) is 0. The summed E-state index contributed by atoms with van der Waals surface area (Å²) in [6.07, 6.45) is 9.39. The minimum atomic E-state index is -0.178. The highest BCUT2D eigenvalue weighted by atomic mass is 16.6. The zero-order chi connectivity index (χ0) is 10.8. The third-order valence-corrected chi connectivity index (χ3v) is 2.81. The van der Waals surface area contributed by atoms with Crippen LogP contribution in [-0.4, -0.2) is 24.4 Å². The molecule has 0 aromatic heterocycles. The summed E-state index contributed by atoms with van der Waals surface area (Å²) in [5.41, 5.74) is -0.356. The quantitative estimate of drug-likeness (QED) is 0.713. The van der Waals surface area contributed by atoms with Gasteiger partial charge in [-0.2, -0.15) is 0 Å². The van der Waals surface area contributed by atoms with Gasteiger partial charge in [-0.1, -0.05) is 0 Å². The second kappa shape index (κ2) is 3.89. The molecule has 0 saturated carbocycles. The number of hydrogen-bond donors (Lipinski definition) is 0. The van der Waals surface area contributed by atoms with Gasteiger partial charge in [-0.25, -0.2) is 0 Å². The maximum Gasteiger partial charge on any atom is 0.132 e. The lowest BCUT2D eigenvalue weighted by Crippen LogP contribution is -2.35. The molecule has 15 heavy (non-hydrogen) atoms. The van der Waals surface area contributed by atoms with Crippen LogP contribution < -0.4 is 0 Å². The molecular formula is C12H18O3. The largest absolute Gasteiger partial charge is 0.493 e. The Bertz CT molecular complexity index is 237. The Balaban J connectivity index is 1.70. The normalized spacial score (nSPS) is 38.0. The fraction of sp³-hybridized carbons (Fsp3) is 0.667. The number of rotatable bonds is 4. The molecule has 0 fully saturated rings. The maximum atomic E-state index is 5.68. The molecule has 0 spiro atoms. The molecule has 0 aromatic rings. The monoisotopic (exact) mass is 210 g/mol. The van der Waals surface area contributed by atoms with E-state index in [1.807, 2.05) is 12.2 Å². The van der Waals surface area contributed by atoms with Crippen LogP contribution in [0, 0.1) is 0 Å². The summed E-state index contributed by atoms with van der Waals surface area (Å²) in [6, 6.07) is 0. The zero-order valence-corrected chi connectivity index (χ0v) is 9.36. The SMILES string of the molecule is CC1(COCC2(C)CC=CO2)CC=CO1. The molecule has 3 nitrogen and oxygen atoms in total. The summed E-state index contributed by atoms with van der Waals surface area (Å²) in [5.74, 6) is 0. The van der Waals surface area contributed by atoms with E-state index in [-0.39, 0.29) is 11.2 Å². The van der Waals surface area contributed by atoms with Gasteiger partial charge < -0.3 is 14.2 Å². The van der Waals surface area contributed by atoms with Gasteiger partial charge in [0.05, 0.1) is 25.7 Å². The summed E-state index contributed by atoms with van der Waals surface area (Å²) < 4.78 is 16.6. The molecule has 3 heteroatoms. The summed E-state index contributed by atoms with van der Waals surface area (Å²) >= 11 is 0. The van der Waals surface area contributed by atoms with Crippen LogP contribution in [0.25, 0.3) is 0 Å². The van der Waals surface area contributed by atoms with Crippen LogP contribution in [0.4, 0.5) is 0 Å². The topological polar surface area (TPSA) is 27.7 Å². The molecule has 2 unspecified atom stereocenters. The Morgan fingerprint density at radius 1 is 1.00 bits per heavy atom. The standard InChI is InChI=1S/C12H18O3/c1-11(5-3-7-14-11)9-13-10-12(2)6-4-8-15-12/h3-4,7-8H,5-6,9-10H2,1-2H3. The lowest BCUT2D eigenvalue weighted by atomic mass is 10.0. The van der Waals surface area contributed by atoms with Gasteiger partial charge in [-0.15, -0.1) is 0 Å². The van der Waals surface area contributed by atoms with E-state index in [0.717, 1.165) is 12.8 Å². The van der Waals surface area contributed by atoms with Crippen molar-refractivity contribution in [2.45, 2.75) is 37.9 Å². The zero-order valence-electron chi connectivity index (χ0n) is 9.36. The molecule has 0 saturated heterocycles. The molecule has 84 valence electrons. The van der Waals surface area contributed by atoms with E-state index >= 15 is 0 Å². The molecule has 0 aliphatic carbocycles. The lowest BCUT2D eigenvalue weighted by molar-refractivity contribution is -0.0780. The van der Waals surface area contributed by atoms with E-state index in [0.29, 0.717) is 13.2 Å². The average molecular weight is 210 g/mol. The minimum absolute atomic E-state index is 0.178. The summed E-state index contributed by atoms with van der Waals surface area (Å²) in [6.45, 7) is 5.34. The molecule has 0 N–H and O–H groups in total. The van der Waals surface area contributed by atoms with Gasteiger partial charge in [0, 0.05) is 12.8 Å². The third kappa shape index (κ3) is 2.53. The van der Waals surface area contributed by atoms with Crippen molar-refractivity contribution in [2.24, 2.45) is 0 Å². The summed E-state index contributed by atoms with van der Waals surface area (Å²) in [4.78, 5) is 0. The van der Waals surface area contributed by atoms with Crippen molar-refractivity contribution >= 4 is 0 Å². The first-order chi connectivity index (χ1) is 7.12. The molecule has 2 aliphatic rings. The first kappa shape index (κ1) is 10.6. The van der Waals surface area contributed by atoms with Crippen molar-refractivity contribution < 1.29 is 14.2 Å². The number of ether oxygens (including phenoxy) is 3. The maximum absolute atomic E-state index is 5.68. The number of hydrogen-bond acceptors (Lipinski definition) is 3. The molecule has 2 aliphatic heterocycles. The van der Waals surface area contributed by atoms with Gasteiger partial charge in [0.15, 0.2) is 0 Å². The first-order valence-corrected chi connectivity index (χ1v) is 5.35. The van der Waals surface area contributed by atoms with E-state index in [4.69, 9.17) is 14.2 Å². The van der Waals surface area contributed by atoms with Crippen molar-refractivity contribution in [3.8, 4) is 0 Å². The molecular weight excluding hydrogens is 192 g/mol. The Kier molecular flexibility index (Phi) is 2.74. The molecule has 0 radical (unpaired) electrons.